The Hall–Kier alpha value is -2.16. The molecule has 0 spiro atoms. The molecule has 0 aliphatic carbocycles. The van der Waals surface area contributed by atoms with Crippen LogP contribution in [0.25, 0.3) is 0 Å². The predicted molar refractivity (Wildman–Crippen MR) is 104 cm³/mol. The molecule has 0 bridgehead atoms. The minimum absolute atomic E-state index is 0.0267. The van der Waals surface area contributed by atoms with E-state index in [1.54, 1.807) is 29.2 Å². The van der Waals surface area contributed by atoms with Gasteiger partial charge in [0.1, 0.15) is 5.82 Å². The van der Waals surface area contributed by atoms with Crippen LogP contribution in [-0.2, 0) is 21.2 Å². The van der Waals surface area contributed by atoms with Crippen LogP contribution in [0.3, 0.4) is 0 Å². The van der Waals surface area contributed by atoms with E-state index in [9.17, 15) is 22.7 Å². The third-order valence-corrected chi connectivity index (χ3v) is 6.25. The van der Waals surface area contributed by atoms with Gasteiger partial charge < -0.3 is 10.0 Å². The molecule has 0 unspecified atom stereocenters. The number of carbonyl (C=O) groups excluding carboxylic acids is 1. The molecule has 1 aliphatic rings. The van der Waals surface area contributed by atoms with Crippen molar-refractivity contribution >= 4 is 33.2 Å². The third kappa shape index (κ3) is 5.01. The number of amides is 1. The van der Waals surface area contributed by atoms with Crippen molar-refractivity contribution in [3.63, 3.8) is 0 Å². The topological polar surface area (TPSA) is 86.7 Å². The smallest absolute Gasteiger partial charge is 0.261 e. The van der Waals surface area contributed by atoms with Gasteiger partial charge in [0.2, 0.25) is 5.91 Å². The molecule has 0 radical (unpaired) electrons. The molecule has 1 amide bonds. The maximum Gasteiger partial charge on any atom is 0.261 e. The number of nitrogens with zero attached hydrogens (tertiary/aromatic N) is 1. The number of piperidine rings is 1. The van der Waals surface area contributed by atoms with Gasteiger partial charge in [-0.3, -0.25) is 9.52 Å². The average Bonchev–Trinajstić information content (AvgIpc) is 2.65. The number of likely N-dealkylation sites (tertiary alicyclic amines) is 1. The zero-order valence-corrected chi connectivity index (χ0v) is 16.5. The van der Waals surface area contributed by atoms with Gasteiger partial charge in [0.25, 0.3) is 10.0 Å². The number of aliphatic hydroxyl groups is 1. The van der Waals surface area contributed by atoms with Crippen LogP contribution < -0.4 is 4.72 Å². The quantitative estimate of drug-likeness (QED) is 0.769. The van der Waals surface area contributed by atoms with Crippen molar-refractivity contribution in [2.45, 2.75) is 30.3 Å². The molecule has 1 aliphatic heterocycles. The molecule has 0 aromatic heterocycles. The Labute approximate surface area is 168 Å². The summed E-state index contributed by atoms with van der Waals surface area (Å²) in [5, 5.41) is 9.24. The molecule has 28 heavy (non-hydrogen) atoms. The molecule has 6 nitrogen and oxygen atoms in total. The largest absolute Gasteiger partial charge is 0.393 e. The molecule has 2 N–H and O–H groups in total. The molecule has 9 heteroatoms. The van der Waals surface area contributed by atoms with E-state index >= 15 is 0 Å². The molecule has 1 heterocycles. The lowest BCUT2D eigenvalue weighted by Crippen LogP contribution is -2.40. The summed E-state index contributed by atoms with van der Waals surface area (Å²) in [7, 11) is -3.91. The summed E-state index contributed by atoms with van der Waals surface area (Å²) < 4.78 is 40.4. The maximum atomic E-state index is 13.2. The molecule has 2 aromatic rings. The molecule has 3 rings (SSSR count). The van der Waals surface area contributed by atoms with Crippen molar-refractivity contribution in [3.05, 3.63) is 58.9 Å². The Morgan fingerprint density at radius 1 is 1.18 bits per heavy atom. The van der Waals surface area contributed by atoms with E-state index < -0.39 is 15.8 Å². The maximum absolute atomic E-state index is 13.2. The van der Waals surface area contributed by atoms with Gasteiger partial charge in [0.15, 0.2) is 0 Å². The van der Waals surface area contributed by atoms with Gasteiger partial charge in [0, 0.05) is 18.8 Å². The predicted octanol–water partition coefficient (Wildman–Crippen LogP) is 2.81. The van der Waals surface area contributed by atoms with Crippen molar-refractivity contribution in [1.82, 2.24) is 4.90 Å². The van der Waals surface area contributed by atoms with Crippen LogP contribution in [-0.4, -0.2) is 43.5 Å². The number of aliphatic hydroxyl groups excluding tert-OH is 1. The molecular weight excluding hydrogens is 407 g/mol. The van der Waals surface area contributed by atoms with Crippen LogP contribution in [0.5, 0.6) is 0 Å². The minimum Gasteiger partial charge on any atom is -0.393 e. The third-order valence-electron chi connectivity index (χ3n) is 4.58. The van der Waals surface area contributed by atoms with Crippen LogP contribution in [0.1, 0.15) is 18.4 Å². The number of hydrogen-bond donors (Lipinski definition) is 2. The van der Waals surface area contributed by atoms with Gasteiger partial charge in [-0.25, -0.2) is 12.8 Å². The molecular formula is C19H20ClFN2O4S. The molecule has 0 atom stereocenters. The second-order valence-corrected chi connectivity index (χ2v) is 8.76. The highest BCUT2D eigenvalue weighted by Crippen LogP contribution is 2.22. The highest BCUT2D eigenvalue weighted by molar-refractivity contribution is 7.92. The van der Waals surface area contributed by atoms with E-state index in [1.165, 1.54) is 0 Å². The van der Waals surface area contributed by atoms with E-state index in [0.29, 0.717) is 31.6 Å². The summed E-state index contributed by atoms with van der Waals surface area (Å²) in [6.45, 7) is 1.08. The number of anilines is 1. The molecule has 1 saturated heterocycles. The number of benzene rings is 2. The molecule has 1 fully saturated rings. The first-order valence-corrected chi connectivity index (χ1v) is 10.6. The van der Waals surface area contributed by atoms with Gasteiger partial charge in [0.05, 0.1) is 22.4 Å². The average molecular weight is 427 g/mol. The SMILES string of the molecule is O=C(Cc1ccc(NS(=O)(=O)c2ccc(F)c(Cl)c2)cc1)N1CCC(O)CC1. The normalized spacial score (nSPS) is 15.5. The minimum atomic E-state index is -3.91. The first kappa shape index (κ1) is 20.6. The van der Waals surface area contributed by atoms with E-state index in [4.69, 9.17) is 11.6 Å². The number of rotatable bonds is 5. The van der Waals surface area contributed by atoms with E-state index in [0.717, 1.165) is 23.8 Å². The summed E-state index contributed by atoms with van der Waals surface area (Å²) >= 11 is 5.65. The lowest BCUT2D eigenvalue weighted by molar-refractivity contribution is -0.132. The lowest BCUT2D eigenvalue weighted by atomic mass is 10.1. The zero-order chi connectivity index (χ0) is 20.3. The van der Waals surface area contributed by atoms with E-state index in [-0.39, 0.29) is 28.4 Å². The van der Waals surface area contributed by atoms with Gasteiger partial charge in [-0.05, 0) is 48.7 Å². The summed E-state index contributed by atoms with van der Waals surface area (Å²) in [4.78, 5) is 13.9. The fourth-order valence-corrected chi connectivity index (χ4v) is 4.28. The fourth-order valence-electron chi connectivity index (χ4n) is 2.95. The van der Waals surface area contributed by atoms with Crippen molar-refractivity contribution in [1.29, 1.82) is 0 Å². The Kier molecular flexibility index (Phi) is 6.22. The summed E-state index contributed by atoms with van der Waals surface area (Å²) in [5.41, 5.74) is 1.07. The number of sulfonamides is 1. The highest BCUT2D eigenvalue weighted by atomic mass is 35.5. The molecule has 150 valence electrons. The highest BCUT2D eigenvalue weighted by Gasteiger charge is 2.21. The van der Waals surface area contributed by atoms with Crippen LogP contribution in [0.4, 0.5) is 10.1 Å². The molecule has 0 saturated carbocycles. The number of hydrogen-bond acceptors (Lipinski definition) is 4. The van der Waals surface area contributed by atoms with Crippen molar-refractivity contribution < 1.29 is 22.7 Å². The Bertz CT molecular complexity index is 958. The monoisotopic (exact) mass is 426 g/mol. The zero-order valence-electron chi connectivity index (χ0n) is 14.9. The van der Waals surface area contributed by atoms with Crippen LogP contribution in [0.15, 0.2) is 47.4 Å². The van der Waals surface area contributed by atoms with Gasteiger partial charge >= 0.3 is 0 Å². The van der Waals surface area contributed by atoms with Crippen molar-refractivity contribution in [3.8, 4) is 0 Å². The fraction of sp³-hybridized carbons (Fsp3) is 0.316. The molecule has 2 aromatic carbocycles. The number of halogens is 2. The van der Waals surface area contributed by atoms with Gasteiger partial charge in [-0.1, -0.05) is 23.7 Å². The van der Waals surface area contributed by atoms with Gasteiger partial charge in [-0.15, -0.1) is 0 Å². The number of carbonyl (C=O) groups is 1. The standard InChI is InChI=1S/C19H20ClFN2O4S/c20-17-12-16(5-6-18(17)21)28(26,27)22-14-3-1-13(2-4-14)11-19(25)23-9-7-15(24)8-10-23/h1-6,12,15,22,24H,7-11H2. The Balaban J connectivity index is 1.64. The van der Waals surface area contributed by atoms with Crippen LogP contribution in [0.2, 0.25) is 5.02 Å². The Morgan fingerprint density at radius 2 is 1.82 bits per heavy atom. The van der Waals surface area contributed by atoms with Crippen LogP contribution in [0, 0.1) is 5.82 Å². The lowest BCUT2D eigenvalue weighted by Gasteiger charge is -2.29. The Morgan fingerprint density at radius 3 is 2.43 bits per heavy atom. The van der Waals surface area contributed by atoms with Crippen molar-refractivity contribution in [2.24, 2.45) is 0 Å². The summed E-state index contributed by atoms with van der Waals surface area (Å²) in [6.07, 6.45) is 1.03. The first-order chi connectivity index (χ1) is 13.2. The second-order valence-electron chi connectivity index (χ2n) is 6.67. The first-order valence-electron chi connectivity index (χ1n) is 8.77. The van der Waals surface area contributed by atoms with Gasteiger partial charge in [-0.2, -0.15) is 0 Å². The summed E-state index contributed by atoms with van der Waals surface area (Å²) in [6, 6.07) is 9.63. The van der Waals surface area contributed by atoms with E-state index in [2.05, 4.69) is 4.72 Å². The van der Waals surface area contributed by atoms with Crippen LogP contribution >= 0.6 is 11.6 Å². The number of nitrogens with one attached hydrogen (secondary N) is 1. The van der Waals surface area contributed by atoms with Crippen molar-refractivity contribution in [2.75, 3.05) is 17.8 Å². The second kappa shape index (κ2) is 8.46. The van der Waals surface area contributed by atoms with E-state index in [1.807, 2.05) is 0 Å². The summed E-state index contributed by atoms with van der Waals surface area (Å²) in [5.74, 6) is -0.723.